The number of rotatable bonds is 5. The third kappa shape index (κ3) is 4.13. The van der Waals surface area contributed by atoms with Gasteiger partial charge in [0.15, 0.2) is 0 Å². The highest BCUT2D eigenvalue weighted by Crippen LogP contribution is 2.29. The number of nitrogens with zero attached hydrogens (tertiary/aromatic N) is 2. The van der Waals surface area contributed by atoms with Crippen molar-refractivity contribution in [3.63, 3.8) is 0 Å². The summed E-state index contributed by atoms with van der Waals surface area (Å²) in [7, 11) is 0. The van der Waals surface area contributed by atoms with Gasteiger partial charge < -0.3 is 19.9 Å². The number of ether oxygens (including phenoxy) is 1. The SMILES string of the molecule is CC(C)(C)OC(=O)N(CCNC1CCN2CCC1C2)C1CC1. The minimum absolute atomic E-state index is 0.146. The minimum Gasteiger partial charge on any atom is -0.444 e. The van der Waals surface area contributed by atoms with E-state index in [-0.39, 0.29) is 6.09 Å². The Morgan fingerprint density at radius 1 is 1.23 bits per heavy atom. The Morgan fingerprint density at radius 3 is 2.64 bits per heavy atom. The zero-order valence-corrected chi connectivity index (χ0v) is 14.3. The van der Waals surface area contributed by atoms with Crippen LogP contribution in [0, 0.1) is 5.92 Å². The molecule has 5 heteroatoms. The fourth-order valence-corrected chi connectivity index (χ4v) is 3.72. The normalized spacial score (nSPS) is 31.1. The van der Waals surface area contributed by atoms with E-state index in [1.807, 2.05) is 25.7 Å². The zero-order chi connectivity index (χ0) is 15.7. The largest absolute Gasteiger partial charge is 0.444 e. The first-order valence-electron chi connectivity index (χ1n) is 8.88. The summed E-state index contributed by atoms with van der Waals surface area (Å²) < 4.78 is 5.55. The molecule has 3 aliphatic rings. The third-order valence-corrected chi connectivity index (χ3v) is 5.01. The molecule has 2 aliphatic heterocycles. The summed E-state index contributed by atoms with van der Waals surface area (Å²) in [6.45, 7) is 11.2. The van der Waals surface area contributed by atoms with Crippen molar-refractivity contribution in [2.24, 2.45) is 5.92 Å². The highest BCUT2D eigenvalue weighted by molar-refractivity contribution is 5.69. The van der Waals surface area contributed by atoms with E-state index >= 15 is 0 Å². The summed E-state index contributed by atoms with van der Waals surface area (Å²) >= 11 is 0. The Kier molecular flexibility index (Phi) is 4.64. The van der Waals surface area contributed by atoms with Gasteiger partial charge in [0.2, 0.25) is 0 Å². The summed E-state index contributed by atoms with van der Waals surface area (Å²) in [5, 5.41) is 3.70. The summed E-state index contributed by atoms with van der Waals surface area (Å²) in [5.74, 6) is 0.810. The molecule has 0 aromatic carbocycles. The molecule has 2 bridgehead atoms. The lowest BCUT2D eigenvalue weighted by atomic mass is 9.94. The smallest absolute Gasteiger partial charge is 0.410 e. The molecule has 0 radical (unpaired) electrons. The molecular formula is C17H31N3O2. The van der Waals surface area contributed by atoms with Crippen LogP contribution < -0.4 is 5.32 Å². The number of hydrogen-bond donors (Lipinski definition) is 1. The van der Waals surface area contributed by atoms with E-state index < -0.39 is 5.60 Å². The number of amides is 1. The van der Waals surface area contributed by atoms with E-state index in [9.17, 15) is 4.79 Å². The van der Waals surface area contributed by atoms with E-state index in [0.717, 1.165) is 31.8 Å². The lowest BCUT2D eigenvalue weighted by Crippen LogP contribution is -2.47. The molecule has 2 saturated heterocycles. The van der Waals surface area contributed by atoms with Crippen LogP contribution >= 0.6 is 0 Å². The molecule has 3 rings (SSSR count). The number of hydrogen-bond acceptors (Lipinski definition) is 4. The van der Waals surface area contributed by atoms with Gasteiger partial charge >= 0.3 is 6.09 Å². The lowest BCUT2D eigenvalue weighted by molar-refractivity contribution is 0.0233. The molecule has 3 fully saturated rings. The zero-order valence-electron chi connectivity index (χ0n) is 14.3. The fourth-order valence-electron chi connectivity index (χ4n) is 3.72. The molecule has 126 valence electrons. The quantitative estimate of drug-likeness (QED) is 0.844. The van der Waals surface area contributed by atoms with Gasteiger partial charge in [0.1, 0.15) is 5.60 Å². The van der Waals surface area contributed by atoms with E-state index in [2.05, 4.69) is 10.2 Å². The van der Waals surface area contributed by atoms with Gasteiger partial charge in [0.25, 0.3) is 0 Å². The van der Waals surface area contributed by atoms with Crippen molar-refractivity contribution in [1.82, 2.24) is 15.1 Å². The van der Waals surface area contributed by atoms with Crippen LogP contribution in [0.25, 0.3) is 0 Å². The summed E-state index contributed by atoms with van der Waals surface area (Å²) in [4.78, 5) is 16.8. The molecule has 1 amide bonds. The predicted molar refractivity (Wildman–Crippen MR) is 86.9 cm³/mol. The Bertz CT molecular complexity index is 403. The molecular weight excluding hydrogens is 278 g/mol. The van der Waals surface area contributed by atoms with Crippen molar-refractivity contribution < 1.29 is 9.53 Å². The number of carbonyl (C=O) groups is 1. The molecule has 0 spiro atoms. The van der Waals surface area contributed by atoms with E-state index in [0.29, 0.717) is 12.1 Å². The first-order chi connectivity index (χ1) is 10.4. The molecule has 3 unspecified atom stereocenters. The third-order valence-electron chi connectivity index (χ3n) is 5.01. The maximum absolute atomic E-state index is 12.3. The van der Waals surface area contributed by atoms with Gasteiger partial charge in [-0.05, 0) is 65.5 Å². The number of nitrogens with one attached hydrogen (secondary N) is 1. The molecule has 1 aliphatic carbocycles. The van der Waals surface area contributed by atoms with Crippen LogP contribution in [0.5, 0.6) is 0 Å². The van der Waals surface area contributed by atoms with Gasteiger partial charge in [-0.3, -0.25) is 0 Å². The van der Waals surface area contributed by atoms with E-state index in [1.54, 1.807) is 0 Å². The van der Waals surface area contributed by atoms with Crippen LogP contribution in [0.1, 0.15) is 46.5 Å². The maximum atomic E-state index is 12.3. The van der Waals surface area contributed by atoms with E-state index in [1.165, 1.54) is 32.5 Å². The number of piperidine rings is 1. The van der Waals surface area contributed by atoms with Crippen LogP contribution in [0.3, 0.4) is 0 Å². The van der Waals surface area contributed by atoms with Crippen molar-refractivity contribution in [2.75, 3.05) is 32.7 Å². The highest BCUT2D eigenvalue weighted by atomic mass is 16.6. The molecule has 3 atom stereocenters. The fraction of sp³-hybridized carbons (Fsp3) is 0.941. The standard InChI is InChI=1S/C17H31N3O2/c1-17(2,3)22-16(21)20(14-4-5-14)11-8-18-15-7-10-19-9-6-13(15)12-19/h13-15,18H,4-12H2,1-3H3. The lowest BCUT2D eigenvalue weighted by Gasteiger charge is -2.32. The van der Waals surface area contributed by atoms with Gasteiger partial charge in [-0.25, -0.2) is 4.79 Å². The maximum Gasteiger partial charge on any atom is 0.410 e. The van der Waals surface area contributed by atoms with Gasteiger partial charge in [0.05, 0.1) is 0 Å². The Labute approximate surface area is 134 Å². The number of carbonyl (C=O) groups excluding carboxylic acids is 1. The summed E-state index contributed by atoms with van der Waals surface area (Å²) in [6, 6.07) is 1.04. The average Bonchev–Trinajstić information content (AvgIpc) is 3.18. The second kappa shape index (κ2) is 6.36. The van der Waals surface area contributed by atoms with Crippen molar-refractivity contribution in [2.45, 2.75) is 64.1 Å². The Hall–Kier alpha value is -0.810. The monoisotopic (exact) mass is 309 g/mol. The van der Waals surface area contributed by atoms with Gasteiger partial charge in [-0.2, -0.15) is 0 Å². The van der Waals surface area contributed by atoms with Crippen molar-refractivity contribution >= 4 is 6.09 Å². The second-order valence-electron chi connectivity index (χ2n) is 8.10. The first-order valence-corrected chi connectivity index (χ1v) is 8.88. The molecule has 1 saturated carbocycles. The molecule has 22 heavy (non-hydrogen) atoms. The highest BCUT2D eigenvalue weighted by Gasteiger charge is 2.36. The molecule has 0 aromatic rings. The van der Waals surface area contributed by atoms with Crippen LogP contribution in [0.4, 0.5) is 4.79 Å². The summed E-state index contributed by atoms with van der Waals surface area (Å²) in [6.07, 6.45) is 4.68. The second-order valence-corrected chi connectivity index (χ2v) is 8.10. The molecule has 2 heterocycles. The summed E-state index contributed by atoms with van der Waals surface area (Å²) in [5.41, 5.74) is -0.408. The predicted octanol–water partition coefficient (Wildman–Crippen LogP) is 2.07. The molecule has 5 nitrogen and oxygen atoms in total. The molecule has 1 N–H and O–H groups in total. The average molecular weight is 309 g/mol. The van der Waals surface area contributed by atoms with Crippen molar-refractivity contribution in [3.05, 3.63) is 0 Å². The first kappa shape index (κ1) is 16.1. The van der Waals surface area contributed by atoms with Crippen LogP contribution in [-0.2, 0) is 4.74 Å². The van der Waals surface area contributed by atoms with Crippen molar-refractivity contribution in [3.8, 4) is 0 Å². The van der Waals surface area contributed by atoms with Crippen LogP contribution in [-0.4, -0.2) is 66.3 Å². The Balaban J connectivity index is 1.45. The minimum atomic E-state index is -0.408. The van der Waals surface area contributed by atoms with Gasteiger partial charge in [-0.1, -0.05) is 0 Å². The molecule has 0 aromatic heterocycles. The van der Waals surface area contributed by atoms with Crippen LogP contribution in [0.2, 0.25) is 0 Å². The van der Waals surface area contributed by atoms with Crippen molar-refractivity contribution in [1.29, 1.82) is 0 Å². The van der Waals surface area contributed by atoms with Crippen LogP contribution in [0.15, 0.2) is 0 Å². The van der Waals surface area contributed by atoms with Gasteiger partial charge in [0, 0.05) is 31.7 Å². The van der Waals surface area contributed by atoms with Gasteiger partial charge in [-0.15, -0.1) is 0 Å². The Morgan fingerprint density at radius 2 is 1.95 bits per heavy atom. The van der Waals surface area contributed by atoms with E-state index in [4.69, 9.17) is 4.74 Å². The number of fused-ring (bicyclic) bond motifs is 2. The topological polar surface area (TPSA) is 44.8 Å².